The van der Waals surface area contributed by atoms with Gasteiger partial charge in [-0.1, -0.05) is 6.07 Å². The third kappa shape index (κ3) is 2.60. The first-order valence-corrected chi connectivity index (χ1v) is 5.98. The van der Waals surface area contributed by atoms with E-state index >= 15 is 0 Å². The zero-order valence-electron chi connectivity index (χ0n) is 10.4. The Hall–Kier alpha value is -1.51. The molecule has 0 N–H and O–H groups in total. The summed E-state index contributed by atoms with van der Waals surface area (Å²) in [4.78, 5) is 11.2. The van der Waals surface area contributed by atoms with Gasteiger partial charge >= 0.3 is 0 Å². The lowest BCUT2D eigenvalue weighted by Gasteiger charge is -2.23. The second-order valence-electron chi connectivity index (χ2n) is 4.42. The number of carbonyl (C=O) groups excluding carboxylic acids is 1. The minimum atomic E-state index is 0.383. The molecule has 1 saturated carbocycles. The van der Waals surface area contributed by atoms with E-state index in [2.05, 4.69) is 6.07 Å². The molecule has 17 heavy (non-hydrogen) atoms. The predicted octanol–water partition coefficient (Wildman–Crippen LogP) is 2.93. The Balaban J connectivity index is 2.22. The van der Waals surface area contributed by atoms with Crippen molar-refractivity contribution in [1.29, 1.82) is 0 Å². The fourth-order valence-electron chi connectivity index (χ4n) is 2.41. The Morgan fingerprint density at radius 3 is 2.41 bits per heavy atom. The third-order valence-corrected chi connectivity index (χ3v) is 3.42. The molecule has 1 aliphatic carbocycles. The van der Waals surface area contributed by atoms with Crippen LogP contribution in [0.3, 0.4) is 0 Å². The van der Waals surface area contributed by atoms with E-state index in [0.29, 0.717) is 24.5 Å². The summed E-state index contributed by atoms with van der Waals surface area (Å²) in [5.41, 5.74) is 1.20. The lowest BCUT2D eigenvalue weighted by molar-refractivity contribution is -0.120. The molecule has 0 radical (unpaired) electrons. The smallest absolute Gasteiger partial charge is 0.132 e. The number of hydrogen-bond donors (Lipinski definition) is 0. The first kappa shape index (κ1) is 12.0. The largest absolute Gasteiger partial charge is 0.497 e. The van der Waals surface area contributed by atoms with Crippen molar-refractivity contribution < 1.29 is 14.3 Å². The lowest BCUT2D eigenvalue weighted by atomic mass is 9.83. The number of Topliss-reactive ketones (excluding diaryl/α,β-unsaturated/α-hetero) is 1. The molecule has 1 aliphatic rings. The van der Waals surface area contributed by atoms with Crippen LogP contribution >= 0.6 is 0 Å². The molecule has 1 aromatic rings. The van der Waals surface area contributed by atoms with Gasteiger partial charge in [0.25, 0.3) is 0 Å². The number of rotatable bonds is 3. The van der Waals surface area contributed by atoms with Gasteiger partial charge in [0, 0.05) is 18.9 Å². The zero-order chi connectivity index (χ0) is 12.3. The highest BCUT2D eigenvalue weighted by atomic mass is 16.5. The average molecular weight is 234 g/mol. The van der Waals surface area contributed by atoms with Crippen LogP contribution in [-0.2, 0) is 4.79 Å². The summed E-state index contributed by atoms with van der Waals surface area (Å²) in [6.07, 6.45) is 3.25. The van der Waals surface area contributed by atoms with Crippen molar-refractivity contribution in [2.45, 2.75) is 31.6 Å². The monoisotopic (exact) mass is 234 g/mol. The van der Waals surface area contributed by atoms with Gasteiger partial charge in [0.15, 0.2) is 0 Å². The van der Waals surface area contributed by atoms with Gasteiger partial charge in [0.1, 0.15) is 17.3 Å². The van der Waals surface area contributed by atoms with E-state index in [1.54, 1.807) is 14.2 Å². The average Bonchev–Trinajstić information content (AvgIpc) is 2.39. The zero-order valence-corrected chi connectivity index (χ0v) is 10.4. The van der Waals surface area contributed by atoms with Gasteiger partial charge in [0.05, 0.1) is 14.2 Å². The normalized spacial score (nSPS) is 16.9. The molecule has 0 bridgehead atoms. The van der Waals surface area contributed by atoms with Gasteiger partial charge in [-0.25, -0.2) is 0 Å². The van der Waals surface area contributed by atoms with Crippen LogP contribution in [0, 0.1) is 0 Å². The minimum Gasteiger partial charge on any atom is -0.497 e. The Morgan fingerprint density at radius 1 is 1.12 bits per heavy atom. The molecule has 0 unspecified atom stereocenters. The molecule has 0 aromatic heterocycles. The summed E-state index contributed by atoms with van der Waals surface area (Å²) < 4.78 is 10.6. The van der Waals surface area contributed by atoms with Gasteiger partial charge in [0.2, 0.25) is 0 Å². The van der Waals surface area contributed by atoms with Crippen LogP contribution in [0.4, 0.5) is 0 Å². The van der Waals surface area contributed by atoms with E-state index in [4.69, 9.17) is 9.47 Å². The Bertz CT molecular complexity index is 402. The molecule has 0 saturated heterocycles. The van der Waals surface area contributed by atoms with Crippen LogP contribution < -0.4 is 9.47 Å². The number of carbonyl (C=O) groups is 1. The maximum Gasteiger partial charge on any atom is 0.132 e. The highest BCUT2D eigenvalue weighted by Crippen LogP contribution is 2.37. The van der Waals surface area contributed by atoms with Crippen molar-refractivity contribution in [2.24, 2.45) is 0 Å². The molecule has 3 nitrogen and oxygen atoms in total. The van der Waals surface area contributed by atoms with Crippen LogP contribution in [0.15, 0.2) is 18.2 Å². The molecule has 1 aromatic carbocycles. The molecular formula is C14H18O3. The molecule has 92 valence electrons. The highest BCUT2D eigenvalue weighted by Gasteiger charge is 2.22. The maximum atomic E-state index is 11.2. The van der Waals surface area contributed by atoms with E-state index in [1.165, 1.54) is 5.56 Å². The number of methoxy groups -OCH3 is 2. The van der Waals surface area contributed by atoms with Gasteiger partial charge < -0.3 is 9.47 Å². The van der Waals surface area contributed by atoms with E-state index < -0.39 is 0 Å². The van der Waals surface area contributed by atoms with Crippen molar-refractivity contribution in [3.63, 3.8) is 0 Å². The predicted molar refractivity (Wildman–Crippen MR) is 65.8 cm³/mol. The minimum absolute atomic E-state index is 0.383. The van der Waals surface area contributed by atoms with Crippen molar-refractivity contribution in [1.82, 2.24) is 0 Å². The first-order chi connectivity index (χ1) is 8.24. The van der Waals surface area contributed by atoms with Crippen LogP contribution in [0.5, 0.6) is 11.5 Å². The SMILES string of the molecule is COc1ccc(C2CCC(=O)CC2)c(OC)c1. The van der Waals surface area contributed by atoms with E-state index in [-0.39, 0.29) is 0 Å². The molecule has 1 fully saturated rings. The van der Waals surface area contributed by atoms with Crippen molar-refractivity contribution in [3.8, 4) is 11.5 Å². The molecule has 0 amide bonds. The molecule has 0 spiro atoms. The summed E-state index contributed by atoms with van der Waals surface area (Å²) in [5, 5.41) is 0. The Morgan fingerprint density at radius 2 is 1.82 bits per heavy atom. The number of ketones is 1. The van der Waals surface area contributed by atoms with Gasteiger partial charge in [-0.15, -0.1) is 0 Å². The Kier molecular flexibility index (Phi) is 3.67. The fourth-order valence-corrected chi connectivity index (χ4v) is 2.41. The molecule has 0 aliphatic heterocycles. The number of benzene rings is 1. The maximum absolute atomic E-state index is 11.2. The Labute approximate surface area is 102 Å². The summed E-state index contributed by atoms with van der Waals surface area (Å²) in [6.45, 7) is 0. The first-order valence-electron chi connectivity index (χ1n) is 5.98. The van der Waals surface area contributed by atoms with Crippen LogP contribution in [0.2, 0.25) is 0 Å². The summed E-state index contributed by atoms with van der Waals surface area (Å²) in [7, 11) is 3.32. The molecule has 0 heterocycles. The quantitative estimate of drug-likeness (QED) is 0.806. The topological polar surface area (TPSA) is 35.5 Å². The van der Waals surface area contributed by atoms with Gasteiger partial charge in [-0.3, -0.25) is 4.79 Å². The van der Waals surface area contributed by atoms with Crippen LogP contribution in [-0.4, -0.2) is 20.0 Å². The molecular weight excluding hydrogens is 216 g/mol. The van der Waals surface area contributed by atoms with Gasteiger partial charge in [-0.05, 0) is 30.4 Å². The highest BCUT2D eigenvalue weighted by molar-refractivity contribution is 5.79. The lowest BCUT2D eigenvalue weighted by Crippen LogP contribution is -2.13. The summed E-state index contributed by atoms with van der Waals surface area (Å²) in [6, 6.07) is 5.91. The van der Waals surface area contributed by atoms with Crippen LogP contribution in [0.25, 0.3) is 0 Å². The van der Waals surface area contributed by atoms with E-state index in [1.807, 2.05) is 12.1 Å². The number of ether oxygens (including phenoxy) is 2. The molecule has 0 atom stereocenters. The van der Waals surface area contributed by atoms with Crippen molar-refractivity contribution in [2.75, 3.05) is 14.2 Å². The second-order valence-corrected chi connectivity index (χ2v) is 4.42. The molecule has 2 rings (SSSR count). The van der Waals surface area contributed by atoms with E-state index in [9.17, 15) is 4.79 Å². The second kappa shape index (κ2) is 5.21. The van der Waals surface area contributed by atoms with E-state index in [0.717, 1.165) is 24.3 Å². The van der Waals surface area contributed by atoms with Crippen LogP contribution in [0.1, 0.15) is 37.2 Å². The summed E-state index contributed by atoms with van der Waals surface area (Å²) >= 11 is 0. The standard InChI is InChI=1S/C14H18O3/c1-16-12-7-8-13(14(9-12)17-2)10-3-5-11(15)6-4-10/h7-10H,3-6H2,1-2H3. The molecule has 3 heteroatoms. The van der Waals surface area contributed by atoms with Gasteiger partial charge in [-0.2, -0.15) is 0 Å². The summed E-state index contributed by atoms with van der Waals surface area (Å²) in [5.74, 6) is 2.49. The van der Waals surface area contributed by atoms with Crippen molar-refractivity contribution in [3.05, 3.63) is 23.8 Å². The fraction of sp³-hybridized carbons (Fsp3) is 0.500. The number of hydrogen-bond acceptors (Lipinski definition) is 3. The van der Waals surface area contributed by atoms with Crippen molar-refractivity contribution >= 4 is 5.78 Å². The third-order valence-electron chi connectivity index (χ3n) is 3.42.